The van der Waals surface area contributed by atoms with Crippen LogP contribution in [-0.2, 0) is 23.9 Å². The van der Waals surface area contributed by atoms with Gasteiger partial charge in [0.15, 0.2) is 17.4 Å². The van der Waals surface area contributed by atoms with Crippen LogP contribution in [0.15, 0.2) is 130 Å². The summed E-state index contributed by atoms with van der Waals surface area (Å²) in [6, 6.07) is 17.0. The maximum atomic E-state index is 14.5. The van der Waals surface area contributed by atoms with Crippen molar-refractivity contribution >= 4 is 26.5 Å². The molecule has 2 aromatic carbocycles. The van der Waals surface area contributed by atoms with Crippen LogP contribution in [0.1, 0.15) is 36.3 Å². The van der Waals surface area contributed by atoms with Crippen LogP contribution in [0.5, 0.6) is 5.75 Å². The molecule has 0 bridgehead atoms. The van der Waals surface area contributed by atoms with Crippen molar-refractivity contribution in [3.8, 4) is 5.75 Å². The SMILES string of the molecule is CONC1CC(S(C)(=O)(O)NC(=O)C2=C=C=C(N3CCN(CC(c4ccccc4)c4ccc(F)c(F)c4)CC3)C=C2Oc2cnc3[nH]ccc3c2)=CC=C1NCC1CCOCC1. The van der Waals surface area contributed by atoms with E-state index in [1.165, 1.54) is 25.4 Å². The number of halogens is 2. The number of benzene rings is 2. The Morgan fingerprint density at radius 3 is 2.58 bits per heavy atom. The Bertz CT molecular complexity index is 2580. The van der Waals surface area contributed by atoms with Gasteiger partial charge < -0.3 is 29.5 Å². The number of fused-ring (bicyclic) bond motifs is 1. The van der Waals surface area contributed by atoms with E-state index in [9.17, 15) is 22.3 Å². The lowest BCUT2D eigenvalue weighted by Gasteiger charge is -2.44. The number of carbonyl (C=O) groups excluding carboxylic acids is 1. The maximum absolute atomic E-state index is 14.5. The summed E-state index contributed by atoms with van der Waals surface area (Å²) in [5.74, 6) is -1.94. The molecule has 2 fully saturated rings. The summed E-state index contributed by atoms with van der Waals surface area (Å²) < 4.78 is 68.9. The lowest BCUT2D eigenvalue weighted by Crippen LogP contribution is -2.53. The zero-order chi connectivity index (χ0) is 43.3. The highest BCUT2D eigenvalue weighted by Gasteiger charge is 2.36. The van der Waals surface area contributed by atoms with Crippen molar-refractivity contribution in [3.63, 3.8) is 0 Å². The lowest BCUT2D eigenvalue weighted by molar-refractivity contribution is -0.115. The van der Waals surface area contributed by atoms with Gasteiger partial charge in [-0.2, -0.15) is 9.69 Å². The number of rotatable bonds is 15. The third-order valence-corrected chi connectivity index (χ3v) is 13.9. The molecular formula is C46H51F2N7O6S. The average Bonchev–Trinajstić information content (AvgIpc) is 3.75. The van der Waals surface area contributed by atoms with E-state index in [0.29, 0.717) is 61.3 Å². The highest BCUT2D eigenvalue weighted by atomic mass is 32.3. The summed E-state index contributed by atoms with van der Waals surface area (Å²) in [5, 5.41) is 4.26. The molecule has 0 saturated carbocycles. The van der Waals surface area contributed by atoms with Gasteiger partial charge in [0.05, 0.1) is 30.0 Å². The van der Waals surface area contributed by atoms with E-state index in [2.05, 4.69) is 46.7 Å². The second kappa shape index (κ2) is 18.4. The van der Waals surface area contributed by atoms with Gasteiger partial charge in [-0.1, -0.05) is 42.1 Å². The van der Waals surface area contributed by atoms with E-state index in [1.807, 2.05) is 36.4 Å². The van der Waals surface area contributed by atoms with Crippen molar-refractivity contribution in [3.05, 3.63) is 153 Å². The molecule has 16 heteroatoms. The first-order valence-electron chi connectivity index (χ1n) is 20.7. The smallest absolute Gasteiger partial charge is 0.281 e. The standard InChI is InChI=1S/C46H51F2N7O6S/c1-59-52-43-27-37(10-13-42(43)50-28-31-15-22-60-23-16-31)62(2,57,58)53-46(56)38-11-9-35(26-44(38)61-36-24-34-14-17-49-45(34)51-29-36)55-20-18-54(19-21-55)30-39(32-6-4-3-5-7-32)33-8-12-40(47)41(48)25-33/h3-8,10,12-14,17,24-26,29,31,39,43,50,52H,15-16,18-23,27-28,30H2,1-2H3,(H,49,51)(H2,53,56,57,58). The van der Waals surface area contributed by atoms with Gasteiger partial charge in [-0.05, 0) is 72.0 Å². The van der Waals surface area contributed by atoms with E-state index in [-0.39, 0.29) is 28.6 Å². The highest BCUT2D eigenvalue weighted by Crippen LogP contribution is 2.35. The largest absolute Gasteiger partial charge is 0.454 e. The topological polar surface area (TPSA) is 153 Å². The van der Waals surface area contributed by atoms with Crippen molar-refractivity contribution in [2.24, 2.45) is 5.92 Å². The van der Waals surface area contributed by atoms with E-state index in [1.54, 1.807) is 36.6 Å². The van der Waals surface area contributed by atoms with E-state index < -0.39 is 33.1 Å². The fourth-order valence-electron chi connectivity index (χ4n) is 8.20. The zero-order valence-electron chi connectivity index (χ0n) is 34.7. The monoisotopic (exact) mass is 867 g/mol. The van der Waals surface area contributed by atoms with Crippen LogP contribution in [0.2, 0.25) is 0 Å². The molecule has 2 saturated heterocycles. The first kappa shape index (κ1) is 43.0. The van der Waals surface area contributed by atoms with Gasteiger partial charge in [-0.25, -0.2) is 13.8 Å². The Hall–Kier alpha value is -5.67. The molecule has 0 radical (unpaired) electrons. The first-order chi connectivity index (χ1) is 29.9. The van der Waals surface area contributed by atoms with Crippen molar-refractivity contribution in [2.75, 3.05) is 65.8 Å². The van der Waals surface area contributed by atoms with E-state index in [4.69, 9.17) is 14.3 Å². The minimum atomic E-state index is -4.99. The maximum Gasteiger partial charge on any atom is 0.281 e. The minimum absolute atomic E-state index is 0.0818. The Balaban J connectivity index is 1.02. The molecule has 1 amide bonds. The third-order valence-electron chi connectivity index (χ3n) is 11.7. The molecule has 2 unspecified atom stereocenters. The summed E-state index contributed by atoms with van der Waals surface area (Å²) in [6.07, 6.45) is 11.4. The van der Waals surface area contributed by atoms with Gasteiger partial charge in [0.1, 0.15) is 17.0 Å². The van der Waals surface area contributed by atoms with Crippen LogP contribution < -0.4 is 20.3 Å². The average molecular weight is 868 g/mol. The normalized spacial score (nSPS) is 20.0. The second-order valence-electron chi connectivity index (χ2n) is 16.1. The number of carbonyl (C=O) groups is 1. The number of amides is 1. The zero-order valence-corrected chi connectivity index (χ0v) is 35.5. The lowest BCUT2D eigenvalue weighted by atomic mass is 9.90. The number of ether oxygens (including phenoxy) is 2. The van der Waals surface area contributed by atoms with Crippen LogP contribution in [0.3, 0.4) is 0 Å². The van der Waals surface area contributed by atoms with Gasteiger partial charge in [-0.3, -0.25) is 19.0 Å². The summed E-state index contributed by atoms with van der Waals surface area (Å²) in [4.78, 5) is 31.4. The number of nitrogens with zero attached hydrogens (tertiary/aromatic N) is 3. The van der Waals surface area contributed by atoms with Gasteiger partial charge in [0.25, 0.3) is 5.91 Å². The predicted molar refractivity (Wildman–Crippen MR) is 233 cm³/mol. The van der Waals surface area contributed by atoms with Crippen molar-refractivity contribution < 1.29 is 36.6 Å². The number of hydroxylamine groups is 1. The quantitative estimate of drug-likeness (QED) is 0.0729. The van der Waals surface area contributed by atoms with Gasteiger partial charge >= 0.3 is 0 Å². The molecule has 2 aliphatic carbocycles. The summed E-state index contributed by atoms with van der Waals surface area (Å²) in [6.45, 7) is 5.21. The number of pyridine rings is 1. The molecule has 4 aliphatic rings. The Labute approximate surface area is 359 Å². The molecule has 4 heterocycles. The van der Waals surface area contributed by atoms with Gasteiger partial charge in [0.2, 0.25) is 0 Å². The van der Waals surface area contributed by atoms with Gasteiger partial charge in [-0.15, -0.1) is 9.53 Å². The molecule has 2 atom stereocenters. The fraction of sp³-hybridized carbons (Fsp3) is 0.348. The molecule has 62 heavy (non-hydrogen) atoms. The molecule has 326 valence electrons. The van der Waals surface area contributed by atoms with Gasteiger partial charge in [0, 0.05) is 94.4 Å². The molecule has 8 rings (SSSR count). The minimum Gasteiger partial charge on any atom is -0.454 e. The fourth-order valence-corrected chi connectivity index (χ4v) is 9.82. The summed E-state index contributed by atoms with van der Waals surface area (Å²) in [5.41, 5.74) is 12.6. The number of piperazine rings is 1. The second-order valence-corrected chi connectivity index (χ2v) is 19.4. The van der Waals surface area contributed by atoms with E-state index in [0.717, 1.165) is 55.5 Å². The highest BCUT2D eigenvalue weighted by molar-refractivity contribution is 8.16. The first-order valence-corrected chi connectivity index (χ1v) is 23.0. The number of nitrogens with one attached hydrogen (secondary N) is 4. The van der Waals surface area contributed by atoms with E-state index >= 15 is 0 Å². The van der Waals surface area contributed by atoms with Crippen LogP contribution in [-0.4, -0.2) is 106 Å². The van der Waals surface area contributed by atoms with Crippen LogP contribution >= 0.6 is 0 Å². The molecule has 4 aromatic rings. The predicted octanol–water partition coefficient (Wildman–Crippen LogP) is 5.79. The summed E-state index contributed by atoms with van der Waals surface area (Å²) >= 11 is 0. The number of aromatic nitrogens is 2. The molecule has 5 N–H and O–H groups in total. The number of aromatic amines is 1. The number of allylic oxidation sites excluding steroid dienone is 3. The number of H-pyrrole nitrogens is 1. The van der Waals surface area contributed by atoms with Crippen LogP contribution in [0, 0.1) is 17.6 Å². The number of hydrogen-bond acceptors (Lipinski definition) is 10. The van der Waals surface area contributed by atoms with Crippen molar-refractivity contribution in [1.29, 1.82) is 0 Å². The molecule has 13 nitrogen and oxygen atoms in total. The molecule has 2 aromatic heterocycles. The molecule has 2 aliphatic heterocycles. The summed E-state index contributed by atoms with van der Waals surface area (Å²) in [7, 11) is -3.51. The number of hydrogen-bond donors (Lipinski definition) is 5. The Morgan fingerprint density at radius 1 is 1.03 bits per heavy atom. The Morgan fingerprint density at radius 2 is 1.82 bits per heavy atom. The van der Waals surface area contributed by atoms with Crippen molar-refractivity contribution in [2.45, 2.75) is 31.2 Å². The van der Waals surface area contributed by atoms with Crippen LogP contribution in [0.4, 0.5) is 8.78 Å². The molecule has 0 spiro atoms. The third kappa shape index (κ3) is 10.00. The van der Waals surface area contributed by atoms with Crippen molar-refractivity contribution in [1.82, 2.24) is 35.3 Å². The Kier molecular flexibility index (Phi) is 12.7. The molecular weight excluding hydrogens is 817 g/mol. The van der Waals surface area contributed by atoms with Crippen LogP contribution in [0.25, 0.3) is 11.0 Å².